The first kappa shape index (κ1) is 32.3. The Hall–Kier alpha value is -3.68. The fourth-order valence-corrected chi connectivity index (χ4v) is 2.78. The van der Waals surface area contributed by atoms with Crippen molar-refractivity contribution >= 4 is 51.9 Å². The number of Topliss-reactive ketones (excluding diaryl/α,β-unsaturated/α-hetero) is 1. The van der Waals surface area contributed by atoms with E-state index in [1.54, 1.807) is 26.0 Å². The highest BCUT2D eigenvalue weighted by Gasteiger charge is 2.43. The van der Waals surface area contributed by atoms with Crippen molar-refractivity contribution in [1.29, 1.82) is 0 Å². The molecule has 0 unspecified atom stereocenters. The van der Waals surface area contributed by atoms with Gasteiger partial charge in [-0.2, -0.15) is 0 Å². The second kappa shape index (κ2) is 14.9. The topological polar surface area (TPSA) is 153 Å². The molecule has 0 radical (unpaired) electrons. The van der Waals surface area contributed by atoms with Gasteiger partial charge in [-0.05, 0) is 79.7 Å². The number of rotatable bonds is 7. The maximum Gasteiger partial charge on any atom is 0.439 e. The van der Waals surface area contributed by atoms with Crippen molar-refractivity contribution in [3.8, 4) is 0 Å². The summed E-state index contributed by atoms with van der Waals surface area (Å²) in [6, 6.07) is 5.87. The maximum absolute atomic E-state index is 13.6. The van der Waals surface area contributed by atoms with Crippen LogP contribution in [0.3, 0.4) is 0 Å². The standard InChI is InChI=1S/C24H33BrN4O9/c1-13(2)35-21(31)27-26-20(19(30)17-9-11-18(25)12-10-17)28(22(32)36-14(3)4)29(23(33)37-15(5)6)24(34)38-16(7)8/h9-16H,1-8H3,(H,27,31)/b26-20+. The number of carbonyl (C=O) groups is 5. The Labute approximate surface area is 229 Å². The Morgan fingerprint density at radius 3 is 1.47 bits per heavy atom. The van der Waals surface area contributed by atoms with Gasteiger partial charge in [-0.15, -0.1) is 15.1 Å². The van der Waals surface area contributed by atoms with Crippen molar-refractivity contribution in [2.75, 3.05) is 0 Å². The molecule has 1 aromatic rings. The van der Waals surface area contributed by atoms with Gasteiger partial charge in [0, 0.05) is 10.0 Å². The molecular weight excluding hydrogens is 568 g/mol. The van der Waals surface area contributed by atoms with Gasteiger partial charge in [0.25, 0.3) is 0 Å². The maximum atomic E-state index is 13.6. The average molecular weight is 601 g/mol. The molecule has 4 amide bonds. The molecule has 1 aromatic carbocycles. The van der Waals surface area contributed by atoms with E-state index in [-0.39, 0.29) is 15.6 Å². The van der Waals surface area contributed by atoms with Gasteiger partial charge in [0.05, 0.1) is 24.4 Å². The molecule has 1 N–H and O–H groups in total. The predicted molar refractivity (Wildman–Crippen MR) is 139 cm³/mol. The smallest absolute Gasteiger partial charge is 0.439 e. The summed E-state index contributed by atoms with van der Waals surface area (Å²) in [6.45, 7) is 12.2. The van der Waals surface area contributed by atoms with Gasteiger partial charge in [0.2, 0.25) is 11.6 Å². The van der Waals surface area contributed by atoms with Crippen molar-refractivity contribution in [3.63, 3.8) is 0 Å². The lowest BCUT2D eigenvalue weighted by Crippen LogP contribution is -2.59. The number of imide groups is 1. The van der Waals surface area contributed by atoms with Gasteiger partial charge in [-0.25, -0.2) is 24.6 Å². The van der Waals surface area contributed by atoms with Gasteiger partial charge in [0.15, 0.2) is 0 Å². The molecule has 0 saturated carbocycles. The third-order valence-electron chi connectivity index (χ3n) is 3.83. The minimum atomic E-state index is -1.37. The zero-order chi connectivity index (χ0) is 29.2. The molecule has 14 heteroatoms. The van der Waals surface area contributed by atoms with Crippen LogP contribution in [-0.4, -0.2) is 70.4 Å². The molecule has 0 aliphatic rings. The normalized spacial score (nSPS) is 11.3. The van der Waals surface area contributed by atoms with Gasteiger partial charge in [-0.1, -0.05) is 15.9 Å². The Morgan fingerprint density at radius 1 is 0.684 bits per heavy atom. The number of ketones is 1. The number of hydrogen-bond acceptors (Lipinski definition) is 10. The van der Waals surface area contributed by atoms with Crippen LogP contribution in [0, 0.1) is 0 Å². The third kappa shape index (κ3) is 10.4. The van der Waals surface area contributed by atoms with Crippen LogP contribution in [0.5, 0.6) is 0 Å². The average Bonchev–Trinajstić information content (AvgIpc) is 2.76. The quantitative estimate of drug-likeness (QED) is 0.145. The minimum Gasteiger partial charge on any atom is -0.446 e. The lowest BCUT2D eigenvalue weighted by molar-refractivity contribution is -0.0110. The zero-order valence-corrected chi connectivity index (χ0v) is 24.1. The number of nitrogens with zero attached hydrogens (tertiary/aromatic N) is 3. The molecular formula is C24H33BrN4O9. The lowest BCUT2D eigenvalue weighted by atomic mass is 10.1. The summed E-state index contributed by atoms with van der Waals surface area (Å²) < 4.78 is 21.1. The second-order valence-corrected chi connectivity index (χ2v) is 9.67. The van der Waals surface area contributed by atoms with E-state index >= 15 is 0 Å². The summed E-state index contributed by atoms with van der Waals surface area (Å²) in [7, 11) is 0. The highest BCUT2D eigenvalue weighted by molar-refractivity contribution is 9.10. The van der Waals surface area contributed by atoms with Crippen LogP contribution in [0.25, 0.3) is 0 Å². The monoisotopic (exact) mass is 600 g/mol. The highest BCUT2D eigenvalue weighted by Crippen LogP contribution is 2.17. The van der Waals surface area contributed by atoms with Crippen LogP contribution in [0.15, 0.2) is 33.8 Å². The van der Waals surface area contributed by atoms with Crippen molar-refractivity contribution < 1.29 is 42.9 Å². The van der Waals surface area contributed by atoms with E-state index < -0.39 is 60.4 Å². The van der Waals surface area contributed by atoms with Crippen molar-refractivity contribution in [1.82, 2.24) is 15.4 Å². The summed E-state index contributed by atoms with van der Waals surface area (Å²) >= 11 is 3.26. The van der Waals surface area contributed by atoms with Crippen LogP contribution in [-0.2, 0) is 18.9 Å². The van der Waals surface area contributed by atoms with Gasteiger partial charge >= 0.3 is 24.4 Å². The molecule has 13 nitrogen and oxygen atoms in total. The van der Waals surface area contributed by atoms with Gasteiger partial charge in [0.1, 0.15) is 0 Å². The van der Waals surface area contributed by atoms with E-state index in [0.717, 1.165) is 0 Å². The van der Waals surface area contributed by atoms with E-state index in [4.69, 9.17) is 18.9 Å². The van der Waals surface area contributed by atoms with E-state index in [1.165, 1.54) is 53.7 Å². The first-order valence-electron chi connectivity index (χ1n) is 11.7. The predicted octanol–water partition coefficient (Wildman–Crippen LogP) is 5.23. The van der Waals surface area contributed by atoms with Crippen LogP contribution in [0.2, 0.25) is 0 Å². The summed E-state index contributed by atoms with van der Waals surface area (Å²) in [5.41, 5.74) is 1.98. The first-order chi connectivity index (χ1) is 17.6. The lowest BCUT2D eigenvalue weighted by Gasteiger charge is -2.32. The number of carbonyl (C=O) groups excluding carboxylic acids is 5. The molecule has 1 rings (SSSR count). The summed E-state index contributed by atoms with van der Waals surface area (Å²) in [5, 5.41) is 4.13. The molecule has 0 atom stereocenters. The van der Waals surface area contributed by atoms with E-state index in [0.29, 0.717) is 4.47 Å². The van der Waals surface area contributed by atoms with Crippen LogP contribution < -0.4 is 5.43 Å². The molecule has 0 heterocycles. The fourth-order valence-electron chi connectivity index (χ4n) is 2.52. The molecule has 0 saturated heterocycles. The van der Waals surface area contributed by atoms with E-state index in [2.05, 4.69) is 21.0 Å². The van der Waals surface area contributed by atoms with Gasteiger partial charge < -0.3 is 18.9 Å². The van der Waals surface area contributed by atoms with Crippen molar-refractivity contribution in [3.05, 3.63) is 34.3 Å². The first-order valence-corrected chi connectivity index (χ1v) is 12.5. The van der Waals surface area contributed by atoms with Crippen LogP contribution in [0.4, 0.5) is 19.2 Å². The summed E-state index contributed by atoms with van der Waals surface area (Å²) in [6.07, 6.45) is -7.93. The number of amidine groups is 1. The second-order valence-electron chi connectivity index (χ2n) is 8.76. The molecule has 0 fully saturated rings. The van der Waals surface area contributed by atoms with Crippen molar-refractivity contribution in [2.45, 2.75) is 79.8 Å². The Morgan fingerprint density at radius 2 is 1.08 bits per heavy atom. The largest absolute Gasteiger partial charge is 0.446 e. The molecule has 0 aliphatic carbocycles. The fraction of sp³-hybridized carbons (Fsp3) is 0.500. The Kier molecular flexibility index (Phi) is 12.7. The number of ether oxygens (including phenoxy) is 4. The van der Waals surface area contributed by atoms with Crippen LogP contribution in [0.1, 0.15) is 65.7 Å². The molecule has 210 valence electrons. The number of halogens is 1. The molecule has 0 aliphatic heterocycles. The SMILES string of the molecule is CC(C)OC(=O)N/N=C(\C(=O)c1ccc(Br)cc1)N(C(=O)OC(C)C)N(C(=O)OC(C)C)C(=O)OC(C)C. The number of hydrazone groups is 1. The number of hydrazine groups is 1. The Balaban J connectivity index is 3.84. The number of hydrogen-bond donors (Lipinski definition) is 1. The van der Waals surface area contributed by atoms with Gasteiger partial charge in [-0.3, -0.25) is 4.79 Å². The number of nitrogens with one attached hydrogen (secondary N) is 1. The summed E-state index contributed by atoms with van der Waals surface area (Å²) in [5.74, 6) is -1.86. The minimum absolute atomic E-state index is 0.0114. The summed E-state index contributed by atoms with van der Waals surface area (Å²) in [4.78, 5) is 65.2. The van der Waals surface area contributed by atoms with E-state index in [9.17, 15) is 24.0 Å². The van der Waals surface area contributed by atoms with Crippen LogP contribution >= 0.6 is 15.9 Å². The van der Waals surface area contributed by atoms with Crippen molar-refractivity contribution in [2.24, 2.45) is 5.10 Å². The molecule has 38 heavy (non-hydrogen) atoms. The molecule has 0 bridgehead atoms. The Bertz CT molecular complexity index is 1020. The van der Waals surface area contributed by atoms with E-state index in [1.807, 2.05) is 5.43 Å². The number of benzene rings is 1. The third-order valence-corrected chi connectivity index (χ3v) is 4.36. The number of amides is 4. The molecule has 0 aromatic heterocycles. The zero-order valence-electron chi connectivity index (χ0n) is 22.5. The molecule has 0 spiro atoms. The highest BCUT2D eigenvalue weighted by atomic mass is 79.9.